The predicted octanol–water partition coefficient (Wildman–Crippen LogP) is 1.63. The van der Waals surface area contributed by atoms with E-state index in [2.05, 4.69) is 10.2 Å². The Morgan fingerprint density at radius 3 is 2.20 bits per heavy atom. The standard InChI is InChI=1S/C22H24N4O4/c1-14-6-4-5-7-15(14)20(27)23-16-12-18-19(25(3)22(29)21(28)24(18)2)13-17(16)26-8-10-30-11-9-26/h4-7,12-13H,8-11H2,1-3H3,(H,23,27). The second kappa shape index (κ2) is 7.79. The summed E-state index contributed by atoms with van der Waals surface area (Å²) in [5, 5.41) is 3.01. The molecule has 1 aliphatic heterocycles. The van der Waals surface area contributed by atoms with E-state index in [1.54, 1.807) is 26.2 Å². The summed E-state index contributed by atoms with van der Waals surface area (Å²) < 4.78 is 8.14. The minimum absolute atomic E-state index is 0.225. The molecular formula is C22H24N4O4. The number of nitrogens with zero attached hydrogens (tertiary/aromatic N) is 3. The lowest BCUT2D eigenvalue weighted by Gasteiger charge is -2.31. The highest BCUT2D eigenvalue weighted by molar-refractivity contribution is 6.08. The number of nitrogens with one attached hydrogen (secondary N) is 1. The molecule has 1 aliphatic rings. The number of rotatable bonds is 3. The van der Waals surface area contributed by atoms with Crippen molar-refractivity contribution in [3.05, 3.63) is 68.2 Å². The van der Waals surface area contributed by atoms with Crippen LogP contribution in [0, 0.1) is 6.92 Å². The summed E-state index contributed by atoms with van der Waals surface area (Å²) in [6, 6.07) is 11.0. The molecular weight excluding hydrogens is 384 g/mol. The van der Waals surface area contributed by atoms with E-state index in [1.165, 1.54) is 9.13 Å². The smallest absolute Gasteiger partial charge is 0.316 e. The first-order valence-corrected chi connectivity index (χ1v) is 9.82. The van der Waals surface area contributed by atoms with Crippen LogP contribution in [0.15, 0.2) is 46.0 Å². The third-order valence-electron chi connectivity index (χ3n) is 5.60. The Balaban J connectivity index is 1.89. The van der Waals surface area contributed by atoms with E-state index >= 15 is 0 Å². The molecule has 156 valence electrons. The Kier molecular flexibility index (Phi) is 5.17. The predicted molar refractivity (Wildman–Crippen MR) is 117 cm³/mol. The quantitative estimate of drug-likeness (QED) is 0.666. The number of hydrogen-bond donors (Lipinski definition) is 1. The average Bonchev–Trinajstić information content (AvgIpc) is 2.76. The first-order chi connectivity index (χ1) is 14.4. The number of ether oxygens (including phenoxy) is 1. The topological polar surface area (TPSA) is 85.6 Å². The maximum absolute atomic E-state index is 13.0. The third-order valence-corrected chi connectivity index (χ3v) is 5.60. The van der Waals surface area contributed by atoms with Gasteiger partial charge in [0.05, 0.1) is 35.6 Å². The first kappa shape index (κ1) is 19.9. The van der Waals surface area contributed by atoms with Crippen LogP contribution in [-0.2, 0) is 18.8 Å². The number of fused-ring (bicyclic) bond motifs is 1. The maximum atomic E-state index is 13.0. The van der Waals surface area contributed by atoms with Crippen molar-refractivity contribution in [2.75, 3.05) is 36.5 Å². The molecule has 0 spiro atoms. The molecule has 4 rings (SSSR count). The monoisotopic (exact) mass is 408 g/mol. The number of benzene rings is 2. The second-order valence-electron chi connectivity index (χ2n) is 7.45. The summed E-state index contributed by atoms with van der Waals surface area (Å²) in [4.78, 5) is 39.7. The number of morpholine rings is 1. The van der Waals surface area contributed by atoms with E-state index in [9.17, 15) is 14.4 Å². The van der Waals surface area contributed by atoms with Crippen LogP contribution in [0.4, 0.5) is 11.4 Å². The van der Waals surface area contributed by atoms with Crippen molar-refractivity contribution in [1.82, 2.24) is 9.13 Å². The van der Waals surface area contributed by atoms with Gasteiger partial charge in [-0.05, 0) is 30.7 Å². The van der Waals surface area contributed by atoms with Crippen LogP contribution in [0.5, 0.6) is 0 Å². The zero-order valence-electron chi connectivity index (χ0n) is 17.3. The fourth-order valence-electron chi connectivity index (χ4n) is 3.79. The van der Waals surface area contributed by atoms with Crippen molar-refractivity contribution in [3.63, 3.8) is 0 Å². The molecule has 1 amide bonds. The number of aromatic nitrogens is 2. The van der Waals surface area contributed by atoms with Crippen LogP contribution < -0.4 is 21.3 Å². The van der Waals surface area contributed by atoms with E-state index in [1.807, 2.05) is 31.2 Å². The molecule has 1 N–H and O–H groups in total. The molecule has 0 atom stereocenters. The third kappa shape index (κ3) is 3.39. The van der Waals surface area contributed by atoms with Crippen LogP contribution >= 0.6 is 0 Å². The summed E-state index contributed by atoms with van der Waals surface area (Å²) in [5.41, 5.74) is 2.83. The molecule has 0 unspecified atom stereocenters. The van der Waals surface area contributed by atoms with Crippen LogP contribution in [0.2, 0.25) is 0 Å². The van der Waals surface area contributed by atoms with Crippen molar-refractivity contribution < 1.29 is 9.53 Å². The number of aryl methyl sites for hydroxylation is 3. The van der Waals surface area contributed by atoms with E-state index in [0.717, 1.165) is 11.3 Å². The number of amides is 1. The minimum atomic E-state index is -0.611. The average molecular weight is 408 g/mol. The van der Waals surface area contributed by atoms with E-state index in [-0.39, 0.29) is 5.91 Å². The van der Waals surface area contributed by atoms with Crippen molar-refractivity contribution in [2.24, 2.45) is 14.1 Å². The first-order valence-electron chi connectivity index (χ1n) is 9.82. The number of carbonyl (C=O) groups is 1. The van der Waals surface area contributed by atoms with Crippen molar-refractivity contribution in [1.29, 1.82) is 0 Å². The van der Waals surface area contributed by atoms with Gasteiger partial charge in [-0.2, -0.15) is 0 Å². The fraction of sp³-hybridized carbons (Fsp3) is 0.318. The van der Waals surface area contributed by atoms with E-state index in [0.29, 0.717) is 48.6 Å². The molecule has 1 aromatic heterocycles. The number of hydrogen-bond acceptors (Lipinski definition) is 5. The zero-order chi connectivity index (χ0) is 21.4. The molecule has 1 fully saturated rings. The summed E-state index contributed by atoms with van der Waals surface area (Å²) in [6.45, 7) is 4.37. The number of anilines is 2. The molecule has 2 aromatic carbocycles. The Hall–Kier alpha value is -3.39. The molecule has 2 heterocycles. The van der Waals surface area contributed by atoms with Gasteiger partial charge in [-0.25, -0.2) is 0 Å². The zero-order valence-corrected chi connectivity index (χ0v) is 17.3. The molecule has 3 aromatic rings. The highest BCUT2D eigenvalue weighted by Crippen LogP contribution is 2.31. The molecule has 30 heavy (non-hydrogen) atoms. The Morgan fingerprint density at radius 1 is 0.967 bits per heavy atom. The van der Waals surface area contributed by atoms with Crippen LogP contribution in [-0.4, -0.2) is 41.3 Å². The van der Waals surface area contributed by atoms with Gasteiger partial charge in [0.2, 0.25) is 0 Å². The number of carbonyl (C=O) groups excluding carboxylic acids is 1. The van der Waals surface area contributed by atoms with Gasteiger partial charge in [-0.15, -0.1) is 0 Å². The lowest BCUT2D eigenvalue weighted by molar-refractivity contribution is 0.102. The van der Waals surface area contributed by atoms with Crippen LogP contribution in [0.25, 0.3) is 11.0 Å². The van der Waals surface area contributed by atoms with Crippen LogP contribution in [0.1, 0.15) is 15.9 Å². The molecule has 8 nitrogen and oxygen atoms in total. The van der Waals surface area contributed by atoms with Crippen molar-refractivity contribution in [3.8, 4) is 0 Å². The van der Waals surface area contributed by atoms with Crippen molar-refractivity contribution >= 4 is 28.3 Å². The molecule has 8 heteroatoms. The van der Waals surface area contributed by atoms with Gasteiger partial charge in [0.1, 0.15) is 0 Å². The lowest BCUT2D eigenvalue weighted by Crippen LogP contribution is -2.40. The van der Waals surface area contributed by atoms with E-state index in [4.69, 9.17) is 4.74 Å². The van der Waals surface area contributed by atoms with Crippen LogP contribution in [0.3, 0.4) is 0 Å². The van der Waals surface area contributed by atoms with Gasteiger partial charge >= 0.3 is 11.1 Å². The largest absolute Gasteiger partial charge is 0.378 e. The summed E-state index contributed by atoms with van der Waals surface area (Å²) in [5.74, 6) is -0.225. The molecule has 0 radical (unpaired) electrons. The second-order valence-corrected chi connectivity index (χ2v) is 7.45. The molecule has 0 saturated carbocycles. The highest BCUT2D eigenvalue weighted by Gasteiger charge is 2.20. The Bertz CT molecular complexity index is 1250. The Labute approximate surface area is 173 Å². The van der Waals surface area contributed by atoms with Gasteiger partial charge in [0, 0.05) is 32.7 Å². The van der Waals surface area contributed by atoms with Crippen molar-refractivity contribution in [2.45, 2.75) is 6.92 Å². The SMILES string of the molecule is Cc1ccccc1C(=O)Nc1cc2c(cc1N1CCOCC1)n(C)c(=O)c(=O)n2C. The fourth-order valence-corrected chi connectivity index (χ4v) is 3.79. The molecule has 1 saturated heterocycles. The van der Waals surface area contributed by atoms with E-state index < -0.39 is 11.1 Å². The highest BCUT2D eigenvalue weighted by atomic mass is 16.5. The summed E-state index contributed by atoms with van der Waals surface area (Å²) >= 11 is 0. The molecule has 0 bridgehead atoms. The Morgan fingerprint density at radius 2 is 1.57 bits per heavy atom. The maximum Gasteiger partial charge on any atom is 0.316 e. The lowest BCUT2D eigenvalue weighted by atomic mass is 10.1. The summed E-state index contributed by atoms with van der Waals surface area (Å²) in [7, 11) is 3.15. The normalized spacial score (nSPS) is 14.2. The summed E-state index contributed by atoms with van der Waals surface area (Å²) in [6.07, 6.45) is 0. The van der Waals surface area contributed by atoms with Gasteiger partial charge in [-0.1, -0.05) is 18.2 Å². The molecule has 0 aliphatic carbocycles. The van der Waals surface area contributed by atoms with Gasteiger partial charge in [0.25, 0.3) is 5.91 Å². The van der Waals surface area contributed by atoms with Gasteiger partial charge < -0.3 is 24.1 Å². The minimum Gasteiger partial charge on any atom is -0.378 e. The van der Waals surface area contributed by atoms with Gasteiger partial charge in [0.15, 0.2) is 0 Å². The van der Waals surface area contributed by atoms with Gasteiger partial charge in [-0.3, -0.25) is 14.4 Å².